The normalized spacial score (nSPS) is 17.7. The van der Waals surface area contributed by atoms with E-state index in [9.17, 15) is 8.78 Å². The highest BCUT2D eigenvalue weighted by Gasteiger charge is 2.12. The third-order valence-electron chi connectivity index (χ3n) is 3.73. The monoisotopic (exact) mass is 253 g/mol. The largest absolute Gasteiger partial charge is 0.312 e. The van der Waals surface area contributed by atoms with Gasteiger partial charge in [0.1, 0.15) is 11.6 Å². The number of hydrogen-bond donors (Lipinski definition) is 1. The molecule has 0 saturated heterocycles. The van der Waals surface area contributed by atoms with Crippen LogP contribution in [-0.2, 0) is 6.54 Å². The summed E-state index contributed by atoms with van der Waals surface area (Å²) in [5.74, 6) is -0.00319. The van der Waals surface area contributed by atoms with Crippen molar-refractivity contribution in [2.24, 2.45) is 5.92 Å². The van der Waals surface area contributed by atoms with Gasteiger partial charge in [0.25, 0.3) is 0 Å². The number of rotatable bonds is 4. The predicted molar refractivity (Wildman–Crippen MR) is 69.3 cm³/mol. The second-order valence-electron chi connectivity index (χ2n) is 5.22. The Hall–Kier alpha value is -0.960. The van der Waals surface area contributed by atoms with Crippen LogP contribution in [0.2, 0.25) is 0 Å². The summed E-state index contributed by atoms with van der Waals surface area (Å²) in [6.45, 7) is 1.33. The summed E-state index contributed by atoms with van der Waals surface area (Å²) in [4.78, 5) is 0. The van der Waals surface area contributed by atoms with E-state index in [1.54, 1.807) is 0 Å². The van der Waals surface area contributed by atoms with Gasteiger partial charge in [-0.15, -0.1) is 0 Å². The standard InChI is InChI=1S/C15H21F2N/c16-14-7-8-15(17)13(9-14)11-18-10-12-5-3-1-2-4-6-12/h7-9,12,18H,1-6,10-11H2. The van der Waals surface area contributed by atoms with Crippen molar-refractivity contribution in [3.63, 3.8) is 0 Å². The van der Waals surface area contributed by atoms with Crippen molar-refractivity contribution in [1.82, 2.24) is 5.32 Å². The number of hydrogen-bond acceptors (Lipinski definition) is 1. The molecule has 1 fully saturated rings. The zero-order valence-corrected chi connectivity index (χ0v) is 10.7. The van der Waals surface area contributed by atoms with Gasteiger partial charge >= 0.3 is 0 Å². The predicted octanol–water partition coefficient (Wildman–Crippen LogP) is 4.02. The van der Waals surface area contributed by atoms with E-state index >= 15 is 0 Å². The van der Waals surface area contributed by atoms with E-state index in [2.05, 4.69) is 5.32 Å². The van der Waals surface area contributed by atoms with Crippen LogP contribution in [0.25, 0.3) is 0 Å². The first kappa shape index (κ1) is 13.5. The molecule has 0 bridgehead atoms. The molecule has 0 aliphatic heterocycles. The quantitative estimate of drug-likeness (QED) is 0.799. The van der Waals surface area contributed by atoms with E-state index in [4.69, 9.17) is 0 Å². The molecule has 1 nitrogen and oxygen atoms in total. The number of benzene rings is 1. The van der Waals surface area contributed by atoms with E-state index in [-0.39, 0.29) is 11.6 Å². The van der Waals surface area contributed by atoms with Gasteiger partial charge < -0.3 is 5.32 Å². The molecular formula is C15H21F2N. The van der Waals surface area contributed by atoms with E-state index in [0.29, 0.717) is 18.0 Å². The van der Waals surface area contributed by atoms with E-state index in [1.165, 1.54) is 50.7 Å². The van der Waals surface area contributed by atoms with Crippen LogP contribution in [0.1, 0.15) is 44.1 Å². The first-order valence-corrected chi connectivity index (χ1v) is 6.90. The molecule has 0 heterocycles. The fourth-order valence-electron chi connectivity index (χ4n) is 2.66. The fraction of sp³-hybridized carbons (Fsp3) is 0.600. The maximum Gasteiger partial charge on any atom is 0.127 e. The van der Waals surface area contributed by atoms with Crippen molar-refractivity contribution in [2.45, 2.75) is 45.1 Å². The average molecular weight is 253 g/mol. The van der Waals surface area contributed by atoms with Crippen LogP contribution in [0.15, 0.2) is 18.2 Å². The average Bonchev–Trinajstić information content (AvgIpc) is 2.62. The van der Waals surface area contributed by atoms with Gasteiger partial charge in [0.05, 0.1) is 0 Å². The lowest BCUT2D eigenvalue weighted by molar-refractivity contribution is 0.422. The molecule has 1 aromatic rings. The van der Waals surface area contributed by atoms with E-state index in [0.717, 1.165) is 12.6 Å². The molecule has 0 radical (unpaired) electrons. The highest BCUT2D eigenvalue weighted by Crippen LogP contribution is 2.22. The van der Waals surface area contributed by atoms with Gasteiger partial charge in [0.2, 0.25) is 0 Å². The molecule has 18 heavy (non-hydrogen) atoms. The van der Waals surface area contributed by atoms with E-state index < -0.39 is 0 Å². The lowest BCUT2D eigenvalue weighted by Gasteiger charge is -2.15. The molecule has 0 unspecified atom stereocenters. The molecule has 0 spiro atoms. The van der Waals surface area contributed by atoms with Crippen LogP contribution < -0.4 is 5.32 Å². The van der Waals surface area contributed by atoms with Gasteiger partial charge in [-0.25, -0.2) is 8.78 Å². The minimum atomic E-state index is -0.373. The molecule has 1 aromatic carbocycles. The lowest BCUT2D eigenvalue weighted by Crippen LogP contribution is -2.22. The summed E-state index contributed by atoms with van der Waals surface area (Å²) in [7, 11) is 0. The first-order valence-electron chi connectivity index (χ1n) is 6.90. The summed E-state index contributed by atoms with van der Waals surface area (Å²) in [6.07, 6.45) is 7.82. The van der Waals surface area contributed by atoms with Gasteiger partial charge in [0, 0.05) is 12.1 Å². The Balaban J connectivity index is 1.78. The van der Waals surface area contributed by atoms with Gasteiger partial charge in [-0.2, -0.15) is 0 Å². The van der Waals surface area contributed by atoms with Crippen molar-refractivity contribution in [1.29, 1.82) is 0 Å². The Labute approximate surface area is 108 Å². The van der Waals surface area contributed by atoms with Crippen LogP contribution in [0, 0.1) is 17.6 Å². The molecule has 0 amide bonds. The minimum absolute atomic E-state index is 0.329. The van der Waals surface area contributed by atoms with Crippen LogP contribution in [0.5, 0.6) is 0 Å². The lowest BCUT2D eigenvalue weighted by atomic mass is 10.0. The molecule has 1 aliphatic rings. The Morgan fingerprint density at radius 1 is 1.06 bits per heavy atom. The molecule has 0 aromatic heterocycles. The zero-order chi connectivity index (χ0) is 12.8. The SMILES string of the molecule is Fc1ccc(F)c(CNCC2CCCCCC2)c1. The second-order valence-corrected chi connectivity index (χ2v) is 5.22. The second kappa shape index (κ2) is 6.83. The molecular weight excluding hydrogens is 232 g/mol. The van der Waals surface area contributed by atoms with Crippen molar-refractivity contribution < 1.29 is 8.78 Å². The molecule has 2 rings (SSSR count). The summed E-state index contributed by atoms with van der Waals surface area (Å²) in [6, 6.07) is 3.62. The Kier molecular flexibility index (Phi) is 5.12. The van der Waals surface area contributed by atoms with E-state index in [1.807, 2.05) is 0 Å². The number of nitrogens with one attached hydrogen (secondary N) is 1. The fourth-order valence-corrected chi connectivity index (χ4v) is 2.66. The maximum atomic E-state index is 13.4. The molecule has 3 heteroatoms. The van der Waals surface area contributed by atoms with Gasteiger partial charge in [-0.3, -0.25) is 0 Å². The maximum absolute atomic E-state index is 13.4. The van der Waals surface area contributed by atoms with Crippen molar-refractivity contribution >= 4 is 0 Å². The van der Waals surface area contributed by atoms with Crippen LogP contribution >= 0.6 is 0 Å². The molecule has 1 N–H and O–H groups in total. The van der Waals surface area contributed by atoms with Gasteiger partial charge in [-0.1, -0.05) is 25.7 Å². The van der Waals surface area contributed by atoms with Crippen molar-refractivity contribution in [3.8, 4) is 0 Å². The van der Waals surface area contributed by atoms with Crippen LogP contribution in [0.4, 0.5) is 8.78 Å². The first-order chi connectivity index (χ1) is 8.75. The van der Waals surface area contributed by atoms with Crippen molar-refractivity contribution in [3.05, 3.63) is 35.4 Å². The summed E-state index contributed by atoms with van der Waals surface area (Å²) in [5, 5.41) is 3.26. The topological polar surface area (TPSA) is 12.0 Å². The number of halogens is 2. The highest BCUT2D eigenvalue weighted by atomic mass is 19.1. The Morgan fingerprint density at radius 2 is 1.78 bits per heavy atom. The van der Waals surface area contributed by atoms with Gasteiger partial charge in [0.15, 0.2) is 0 Å². The third kappa shape index (κ3) is 4.05. The highest BCUT2D eigenvalue weighted by molar-refractivity contribution is 5.18. The minimum Gasteiger partial charge on any atom is -0.312 e. The molecule has 1 saturated carbocycles. The summed E-state index contributed by atoms with van der Waals surface area (Å²) >= 11 is 0. The smallest absolute Gasteiger partial charge is 0.127 e. The van der Waals surface area contributed by atoms with Crippen LogP contribution in [0.3, 0.4) is 0 Å². The zero-order valence-electron chi connectivity index (χ0n) is 10.7. The van der Waals surface area contributed by atoms with Gasteiger partial charge in [-0.05, 0) is 43.5 Å². The van der Waals surface area contributed by atoms with Crippen molar-refractivity contribution in [2.75, 3.05) is 6.54 Å². The Morgan fingerprint density at radius 3 is 2.50 bits per heavy atom. The third-order valence-corrected chi connectivity index (χ3v) is 3.73. The molecule has 100 valence electrons. The van der Waals surface area contributed by atoms with Crippen LogP contribution in [-0.4, -0.2) is 6.54 Å². The molecule has 1 aliphatic carbocycles. The summed E-state index contributed by atoms with van der Waals surface area (Å²) < 4.78 is 26.4. The molecule has 0 atom stereocenters. The summed E-state index contributed by atoms with van der Waals surface area (Å²) in [5.41, 5.74) is 0.420. The Bertz CT molecular complexity index is 371.